The van der Waals surface area contributed by atoms with Crippen LogP contribution in [0.2, 0.25) is 5.15 Å². The van der Waals surface area contributed by atoms with Gasteiger partial charge in [0.2, 0.25) is 0 Å². The van der Waals surface area contributed by atoms with E-state index in [1.807, 2.05) is 0 Å². The Morgan fingerprint density at radius 2 is 2.25 bits per heavy atom. The first-order valence-corrected chi connectivity index (χ1v) is 6.54. The van der Waals surface area contributed by atoms with Crippen LogP contribution in [0.5, 0.6) is 0 Å². The van der Waals surface area contributed by atoms with E-state index in [1.165, 1.54) is 18.5 Å². The molecular formula is C8H10ClN3O3S. The number of nitrogens with one attached hydrogen (secondary N) is 1. The van der Waals surface area contributed by atoms with Crippen molar-refractivity contribution in [2.45, 2.75) is 6.92 Å². The van der Waals surface area contributed by atoms with E-state index in [0.29, 0.717) is 15.6 Å². The summed E-state index contributed by atoms with van der Waals surface area (Å²) in [5, 5.41) is 9.75. The van der Waals surface area contributed by atoms with Crippen LogP contribution in [0.15, 0.2) is 18.3 Å². The fourth-order valence-electron chi connectivity index (χ4n) is 1.02. The molecule has 1 aromatic heterocycles. The molecule has 0 aromatic carbocycles. The third-order valence-corrected chi connectivity index (χ3v) is 4.09. The van der Waals surface area contributed by atoms with Gasteiger partial charge >= 0.3 is 0 Å². The number of pyridine rings is 1. The van der Waals surface area contributed by atoms with Crippen molar-refractivity contribution >= 4 is 26.2 Å². The highest BCUT2D eigenvalue weighted by molar-refractivity contribution is 8.00. The molecule has 0 amide bonds. The van der Waals surface area contributed by atoms with Crippen molar-refractivity contribution in [2.75, 3.05) is 6.26 Å². The van der Waals surface area contributed by atoms with Gasteiger partial charge in [-0.3, -0.25) is 0 Å². The number of hydrazine groups is 1. The summed E-state index contributed by atoms with van der Waals surface area (Å²) in [5.74, 6) is 0. The Bertz CT molecular complexity index is 520. The van der Waals surface area contributed by atoms with Gasteiger partial charge in [-0.05, 0) is 19.1 Å². The Labute approximate surface area is 97.9 Å². The van der Waals surface area contributed by atoms with Crippen LogP contribution in [0, 0.1) is 10.1 Å². The second-order valence-electron chi connectivity index (χ2n) is 3.12. The van der Waals surface area contributed by atoms with Gasteiger partial charge in [-0.25, -0.2) is 19.3 Å². The Morgan fingerprint density at radius 1 is 1.62 bits per heavy atom. The van der Waals surface area contributed by atoms with Crippen LogP contribution < -0.4 is 4.83 Å². The molecule has 0 saturated carbocycles. The number of hydrogen-bond donors (Lipinski definition) is 1. The minimum Gasteiger partial charge on any atom is -0.244 e. The van der Waals surface area contributed by atoms with E-state index in [1.54, 1.807) is 17.8 Å². The normalized spacial score (nSPS) is 13.9. The molecule has 0 spiro atoms. The highest BCUT2D eigenvalue weighted by Gasteiger charge is 2.12. The highest BCUT2D eigenvalue weighted by atomic mass is 35.5. The molecule has 88 valence electrons. The van der Waals surface area contributed by atoms with E-state index in [9.17, 15) is 14.3 Å². The quantitative estimate of drug-likeness (QED) is 0.288. The second kappa shape index (κ2) is 4.67. The molecule has 6 nitrogen and oxygen atoms in total. The van der Waals surface area contributed by atoms with Gasteiger partial charge < -0.3 is 0 Å². The van der Waals surface area contributed by atoms with E-state index < -0.39 is 14.7 Å². The van der Waals surface area contributed by atoms with Crippen molar-refractivity contribution in [1.82, 2.24) is 9.82 Å². The first-order valence-electron chi connectivity index (χ1n) is 4.19. The van der Waals surface area contributed by atoms with Crippen LogP contribution in [0.1, 0.15) is 12.5 Å². The molecule has 0 fully saturated rings. The van der Waals surface area contributed by atoms with Crippen molar-refractivity contribution in [1.29, 1.82) is 0 Å². The predicted octanol–water partition coefficient (Wildman–Crippen LogP) is 0.886. The summed E-state index contributed by atoms with van der Waals surface area (Å²) < 4.78 is 11.9. The van der Waals surface area contributed by atoms with Crippen LogP contribution in [-0.2, 0) is 9.71 Å². The average Bonchev–Trinajstić information content (AvgIpc) is 2.16. The Balaban J connectivity index is 3.22. The maximum Gasteiger partial charge on any atom is 0.170 e. The molecule has 8 heteroatoms. The Kier molecular flexibility index (Phi) is 3.71. The van der Waals surface area contributed by atoms with Gasteiger partial charge in [0.25, 0.3) is 0 Å². The molecule has 0 aliphatic carbocycles. The number of rotatable bonds is 3. The summed E-state index contributed by atoms with van der Waals surface area (Å²) in [7, 11) is -2.89. The largest absolute Gasteiger partial charge is 0.244 e. The molecule has 0 bridgehead atoms. The monoisotopic (exact) mass is 263 g/mol. The predicted molar refractivity (Wildman–Crippen MR) is 63.2 cm³/mol. The van der Waals surface area contributed by atoms with Crippen LogP contribution >= 0.6 is 11.6 Å². The Morgan fingerprint density at radius 3 is 2.69 bits per heavy atom. The number of hydrogen-bond acceptors (Lipinski definition) is 4. The summed E-state index contributed by atoms with van der Waals surface area (Å²) in [4.78, 5) is 16.2. The van der Waals surface area contributed by atoms with Crippen molar-refractivity contribution < 1.29 is 9.24 Å². The van der Waals surface area contributed by atoms with E-state index in [0.717, 1.165) is 0 Å². The minimum absolute atomic E-state index is 0.307. The molecule has 16 heavy (non-hydrogen) atoms. The molecule has 0 aliphatic rings. The van der Waals surface area contributed by atoms with Gasteiger partial charge in [0.05, 0.1) is 0 Å². The zero-order valence-electron chi connectivity index (χ0n) is 8.64. The number of halogens is 1. The number of nitro groups is 1. The Hall–Kier alpha value is -1.34. The lowest BCUT2D eigenvalue weighted by Gasteiger charge is -2.07. The maximum absolute atomic E-state index is 11.9. The molecule has 0 radical (unpaired) electrons. The van der Waals surface area contributed by atoms with Gasteiger partial charge in [-0.15, -0.1) is 0 Å². The topological polar surface area (TPSA) is 85.1 Å². The molecule has 1 heterocycles. The molecule has 0 aliphatic heterocycles. The van der Waals surface area contributed by atoms with Crippen LogP contribution in [0.3, 0.4) is 0 Å². The van der Waals surface area contributed by atoms with Crippen molar-refractivity contribution in [2.24, 2.45) is 0 Å². The molecule has 1 N–H and O–H groups in total. The standard InChI is InChI=1S/C8H10ClN3O3S/c1-6(16(2,15)11-12(13)14)7-3-4-8(9)10-5-7/h3-5H,1-2H3,(H,11,15). The average molecular weight is 264 g/mol. The summed E-state index contributed by atoms with van der Waals surface area (Å²) in [5.41, 5.74) is 0.547. The molecule has 1 unspecified atom stereocenters. The summed E-state index contributed by atoms with van der Waals surface area (Å²) >= 11 is 5.60. The molecule has 1 rings (SSSR count). The third-order valence-electron chi connectivity index (χ3n) is 1.97. The van der Waals surface area contributed by atoms with Gasteiger partial charge in [0, 0.05) is 22.9 Å². The number of nitrogens with zero attached hydrogens (tertiary/aromatic N) is 2. The second-order valence-corrected chi connectivity index (χ2v) is 5.99. The first kappa shape index (κ1) is 12.7. The molecular weight excluding hydrogens is 254 g/mol. The zero-order chi connectivity index (χ0) is 12.3. The van der Waals surface area contributed by atoms with Gasteiger partial charge in [0.1, 0.15) is 14.9 Å². The van der Waals surface area contributed by atoms with Gasteiger partial charge in [-0.1, -0.05) is 16.4 Å². The smallest absolute Gasteiger partial charge is 0.170 e. The maximum atomic E-state index is 11.9. The lowest BCUT2D eigenvalue weighted by Crippen LogP contribution is -2.32. The fraction of sp³-hybridized carbons (Fsp3) is 0.250. The van der Waals surface area contributed by atoms with Crippen LogP contribution in [0.25, 0.3) is 0 Å². The van der Waals surface area contributed by atoms with E-state index in [2.05, 4.69) is 4.98 Å². The SMILES string of the molecule is CC(c1ccc(Cl)nc1)=S(C)(=O)N[N+](=O)[O-]. The van der Waals surface area contributed by atoms with E-state index in [4.69, 9.17) is 11.6 Å². The summed E-state index contributed by atoms with van der Waals surface area (Å²) in [6, 6.07) is 3.14. The first-order chi connectivity index (χ1) is 7.33. The number of aromatic nitrogens is 1. The molecule has 1 atom stereocenters. The van der Waals surface area contributed by atoms with Crippen LogP contribution in [-0.4, -0.2) is 25.3 Å². The van der Waals surface area contributed by atoms with Crippen molar-refractivity contribution in [3.63, 3.8) is 0 Å². The van der Waals surface area contributed by atoms with Gasteiger partial charge in [-0.2, -0.15) is 0 Å². The van der Waals surface area contributed by atoms with Crippen molar-refractivity contribution in [3.05, 3.63) is 39.2 Å². The fourth-order valence-corrected chi connectivity index (χ4v) is 2.12. The third kappa shape index (κ3) is 3.07. The molecule has 1 aromatic rings. The highest BCUT2D eigenvalue weighted by Crippen LogP contribution is 2.07. The minimum atomic E-state index is -2.89. The van der Waals surface area contributed by atoms with E-state index in [-0.39, 0.29) is 0 Å². The molecule has 0 saturated heterocycles. The van der Waals surface area contributed by atoms with Crippen molar-refractivity contribution in [3.8, 4) is 0 Å². The lowest BCUT2D eigenvalue weighted by molar-refractivity contribution is -0.518. The zero-order valence-corrected chi connectivity index (χ0v) is 10.2. The lowest BCUT2D eigenvalue weighted by atomic mass is 10.2. The summed E-state index contributed by atoms with van der Waals surface area (Å²) in [6.07, 6.45) is 2.68. The van der Waals surface area contributed by atoms with Crippen LogP contribution in [0.4, 0.5) is 0 Å². The summed E-state index contributed by atoms with van der Waals surface area (Å²) in [6.45, 7) is 1.55. The van der Waals surface area contributed by atoms with E-state index >= 15 is 0 Å². The van der Waals surface area contributed by atoms with Gasteiger partial charge in [0.15, 0.2) is 5.03 Å².